The molecule has 0 amide bonds. The highest BCUT2D eigenvalue weighted by atomic mass is 79.9. The van der Waals surface area contributed by atoms with E-state index in [0.29, 0.717) is 0 Å². The van der Waals surface area contributed by atoms with E-state index in [-0.39, 0.29) is 0 Å². The molecular formula is C20H29BrO. The smallest absolute Gasteiger partial charge is 0.0490 e. The lowest BCUT2D eigenvalue weighted by Crippen LogP contribution is -2.26. The first-order valence-corrected chi connectivity index (χ1v) is 9.80. The van der Waals surface area contributed by atoms with Crippen LogP contribution >= 0.6 is 15.9 Å². The van der Waals surface area contributed by atoms with Gasteiger partial charge in [-0.2, -0.15) is 0 Å². The maximum absolute atomic E-state index is 5.33. The van der Waals surface area contributed by atoms with Crippen molar-refractivity contribution in [2.75, 3.05) is 13.7 Å². The Morgan fingerprint density at radius 2 is 1.41 bits per heavy atom. The summed E-state index contributed by atoms with van der Waals surface area (Å²) in [6.45, 7) is 0.975. The first kappa shape index (κ1) is 16.5. The van der Waals surface area contributed by atoms with Crippen molar-refractivity contribution < 1.29 is 4.74 Å². The highest BCUT2D eigenvalue weighted by molar-refractivity contribution is 9.10. The fourth-order valence-corrected chi connectivity index (χ4v) is 4.99. The number of hydrogen-bond acceptors (Lipinski definition) is 1. The molecule has 22 heavy (non-hydrogen) atoms. The highest BCUT2D eigenvalue weighted by Crippen LogP contribution is 2.43. The van der Waals surface area contributed by atoms with Crippen molar-refractivity contribution in [1.82, 2.24) is 0 Å². The van der Waals surface area contributed by atoms with Crippen LogP contribution in [-0.2, 0) is 4.74 Å². The normalized spacial score (nSPS) is 32.8. The molecule has 0 atom stereocenters. The van der Waals surface area contributed by atoms with Crippen LogP contribution in [0.15, 0.2) is 28.7 Å². The molecule has 0 heterocycles. The fraction of sp³-hybridized carbons (Fsp3) is 0.700. The third kappa shape index (κ3) is 4.14. The summed E-state index contributed by atoms with van der Waals surface area (Å²) >= 11 is 3.54. The van der Waals surface area contributed by atoms with E-state index in [1.165, 1.54) is 55.8 Å². The van der Waals surface area contributed by atoms with Crippen molar-refractivity contribution in [2.24, 2.45) is 17.8 Å². The van der Waals surface area contributed by atoms with Crippen LogP contribution in [-0.4, -0.2) is 13.7 Å². The van der Waals surface area contributed by atoms with Gasteiger partial charge in [-0.25, -0.2) is 0 Å². The molecule has 1 nitrogen and oxygen atoms in total. The van der Waals surface area contributed by atoms with Gasteiger partial charge >= 0.3 is 0 Å². The molecule has 2 saturated carbocycles. The number of ether oxygens (including phenoxy) is 1. The molecule has 0 radical (unpaired) electrons. The topological polar surface area (TPSA) is 9.23 Å². The van der Waals surface area contributed by atoms with Crippen LogP contribution in [0.25, 0.3) is 0 Å². The molecule has 2 heteroatoms. The van der Waals surface area contributed by atoms with E-state index in [9.17, 15) is 0 Å². The molecule has 0 saturated heterocycles. The van der Waals surface area contributed by atoms with E-state index in [1.54, 1.807) is 5.56 Å². The summed E-state index contributed by atoms with van der Waals surface area (Å²) in [6.07, 6.45) is 11.4. The van der Waals surface area contributed by atoms with E-state index in [2.05, 4.69) is 40.2 Å². The summed E-state index contributed by atoms with van der Waals surface area (Å²) in [5, 5.41) is 0. The van der Waals surface area contributed by atoms with Gasteiger partial charge < -0.3 is 4.74 Å². The Kier molecular flexibility index (Phi) is 5.98. The summed E-state index contributed by atoms with van der Waals surface area (Å²) in [4.78, 5) is 0. The first-order chi connectivity index (χ1) is 10.8. The van der Waals surface area contributed by atoms with Gasteiger partial charge in [0.15, 0.2) is 0 Å². The van der Waals surface area contributed by atoms with Crippen LogP contribution in [0.3, 0.4) is 0 Å². The van der Waals surface area contributed by atoms with Gasteiger partial charge in [0.05, 0.1) is 0 Å². The quantitative estimate of drug-likeness (QED) is 0.619. The van der Waals surface area contributed by atoms with E-state index >= 15 is 0 Å². The molecule has 0 aliphatic heterocycles. The second kappa shape index (κ2) is 7.97. The van der Waals surface area contributed by atoms with Gasteiger partial charge in [-0.15, -0.1) is 0 Å². The zero-order valence-electron chi connectivity index (χ0n) is 13.8. The highest BCUT2D eigenvalue weighted by Gasteiger charge is 2.31. The van der Waals surface area contributed by atoms with Gasteiger partial charge in [0, 0.05) is 18.2 Å². The average molecular weight is 365 g/mol. The maximum atomic E-state index is 5.33. The van der Waals surface area contributed by atoms with Crippen LogP contribution < -0.4 is 0 Å². The molecule has 122 valence electrons. The lowest BCUT2D eigenvalue weighted by atomic mass is 9.68. The minimum absolute atomic E-state index is 0.800. The lowest BCUT2D eigenvalue weighted by molar-refractivity contribution is 0.0968. The van der Waals surface area contributed by atoms with E-state index in [1.807, 2.05) is 7.11 Å². The molecule has 1 aromatic carbocycles. The number of rotatable bonds is 4. The minimum atomic E-state index is 0.800. The predicted molar refractivity (Wildman–Crippen MR) is 96.2 cm³/mol. The summed E-state index contributed by atoms with van der Waals surface area (Å²) in [5.74, 6) is 3.63. The van der Waals surface area contributed by atoms with E-state index in [4.69, 9.17) is 4.74 Å². The molecule has 2 aliphatic carbocycles. The summed E-state index contributed by atoms with van der Waals surface area (Å²) in [6, 6.07) is 9.01. The van der Waals surface area contributed by atoms with Gasteiger partial charge in [0.25, 0.3) is 0 Å². The Balaban J connectivity index is 1.47. The molecule has 0 bridgehead atoms. The van der Waals surface area contributed by atoms with Crippen LogP contribution in [0, 0.1) is 17.8 Å². The van der Waals surface area contributed by atoms with Gasteiger partial charge in [-0.3, -0.25) is 0 Å². The molecule has 0 spiro atoms. The number of halogens is 1. The Morgan fingerprint density at radius 3 is 1.95 bits per heavy atom. The van der Waals surface area contributed by atoms with Crippen LogP contribution in [0.4, 0.5) is 0 Å². The second-order valence-corrected chi connectivity index (χ2v) is 8.32. The fourth-order valence-electron chi connectivity index (χ4n) is 4.72. The molecule has 0 unspecified atom stereocenters. The van der Waals surface area contributed by atoms with Gasteiger partial charge in [-0.05, 0) is 92.7 Å². The number of hydrogen-bond donors (Lipinski definition) is 0. The Labute approximate surface area is 144 Å². The third-order valence-electron chi connectivity index (χ3n) is 6.07. The van der Waals surface area contributed by atoms with Crippen LogP contribution in [0.1, 0.15) is 62.8 Å². The third-order valence-corrected chi connectivity index (χ3v) is 6.60. The second-order valence-electron chi connectivity index (χ2n) is 7.40. The van der Waals surface area contributed by atoms with E-state index in [0.717, 1.165) is 30.3 Å². The number of methoxy groups -OCH3 is 1. The van der Waals surface area contributed by atoms with Crippen molar-refractivity contribution in [1.29, 1.82) is 0 Å². The van der Waals surface area contributed by atoms with Crippen LogP contribution in [0.5, 0.6) is 0 Å². The van der Waals surface area contributed by atoms with E-state index < -0.39 is 0 Å². The molecule has 0 N–H and O–H groups in total. The van der Waals surface area contributed by atoms with Gasteiger partial charge in [0.1, 0.15) is 0 Å². The van der Waals surface area contributed by atoms with Crippen molar-refractivity contribution in [3.8, 4) is 0 Å². The van der Waals surface area contributed by atoms with Crippen molar-refractivity contribution in [3.63, 3.8) is 0 Å². The Hall–Kier alpha value is -0.340. The average Bonchev–Trinajstić information content (AvgIpc) is 2.57. The Bertz CT molecular complexity index is 439. The summed E-state index contributed by atoms with van der Waals surface area (Å²) in [7, 11) is 1.84. The van der Waals surface area contributed by atoms with Crippen molar-refractivity contribution in [2.45, 2.75) is 57.3 Å². The summed E-state index contributed by atoms with van der Waals surface area (Å²) in [5.41, 5.74) is 1.55. The zero-order chi connectivity index (χ0) is 15.4. The molecule has 2 aliphatic rings. The molecular weight excluding hydrogens is 336 g/mol. The molecule has 0 aromatic heterocycles. The zero-order valence-corrected chi connectivity index (χ0v) is 15.4. The van der Waals surface area contributed by atoms with Crippen molar-refractivity contribution >= 4 is 15.9 Å². The van der Waals surface area contributed by atoms with Crippen molar-refractivity contribution in [3.05, 3.63) is 34.3 Å². The first-order valence-electron chi connectivity index (χ1n) is 9.00. The van der Waals surface area contributed by atoms with Gasteiger partial charge in [-0.1, -0.05) is 28.1 Å². The predicted octanol–water partition coefficient (Wildman–Crippen LogP) is 6.18. The monoisotopic (exact) mass is 364 g/mol. The molecule has 1 aromatic rings. The summed E-state index contributed by atoms with van der Waals surface area (Å²) < 4.78 is 6.52. The van der Waals surface area contributed by atoms with Crippen LogP contribution in [0.2, 0.25) is 0 Å². The lowest BCUT2D eigenvalue weighted by Gasteiger charge is -2.38. The maximum Gasteiger partial charge on any atom is 0.0490 e. The standard InChI is InChI=1S/C20H29BrO/c1-22-14-15-2-4-16(5-3-15)17-6-8-18(9-7-17)19-10-12-20(21)13-11-19/h10-13,15-18H,2-9,14H2,1H3. The molecule has 3 rings (SSSR count). The van der Waals surface area contributed by atoms with Gasteiger partial charge in [0.2, 0.25) is 0 Å². The molecule has 2 fully saturated rings. The Morgan fingerprint density at radius 1 is 0.864 bits per heavy atom. The minimum Gasteiger partial charge on any atom is -0.384 e. The largest absolute Gasteiger partial charge is 0.384 e. The number of benzene rings is 1. The SMILES string of the molecule is COCC1CCC(C2CCC(c3ccc(Br)cc3)CC2)CC1.